The van der Waals surface area contributed by atoms with E-state index in [4.69, 9.17) is 4.99 Å². The summed E-state index contributed by atoms with van der Waals surface area (Å²) in [5.74, 6) is 0.941. The lowest BCUT2D eigenvalue weighted by molar-refractivity contribution is 0.575. The Morgan fingerprint density at radius 3 is 2.39 bits per heavy atom. The second kappa shape index (κ2) is 11.4. The molecule has 10 rings (SSSR count). The molecule has 0 bridgehead atoms. The van der Waals surface area contributed by atoms with Gasteiger partial charge in [0.1, 0.15) is 12.0 Å². The van der Waals surface area contributed by atoms with Crippen LogP contribution < -0.4 is 10.9 Å². The van der Waals surface area contributed by atoms with E-state index >= 15 is 0 Å². The number of fused-ring (bicyclic) bond motifs is 6. The van der Waals surface area contributed by atoms with Gasteiger partial charge in [0, 0.05) is 36.6 Å². The van der Waals surface area contributed by atoms with Gasteiger partial charge in [-0.2, -0.15) is 0 Å². The molecule has 8 aromatic rings. The van der Waals surface area contributed by atoms with Crippen LogP contribution in [0.3, 0.4) is 0 Å². The van der Waals surface area contributed by atoms with Gasteiger partial charge in [0.05, 0.1) is 11.0 Å². The van der Waals surface area contributed by atoms with Crippen LogP contribution in [-0.4, -0.2) is 10.4 Å². The van der Waals surface area contributed by atoms with E-state index in [0.717, 1.165) is 29.9 Å². The summed E-state index contributed by atoms with van der Waals surface area (Å²) in [4.78, 5) is 5.02. The summed E-state index contributed by atoms with van der Waals surface area (Å²) in [6.45, 7) is 0. The molecular weight excluding hydrogens is 617 g/mol. The Balaban J connectivity index is 1.08. The molecule has 6 aromatic carbocycles. The molecule has 0 saturated heterocycles. The fourth-order valence-corrected chi connectivity index (χ4v) is 8.74. The number of hydrogen-bond donors (Lipinski definition) is 2. The summed E-state index contributed by atoms with van der Waals surface area (Å²) in [6.07, 6.45) is 8.40. The molecule has 2 N–H and O–H groups in total. The van der Waals surface area contributed by atoms with Crippen molar-refractivity contribution in [3.63, 3.8) is 0 Å². The first-order chi connectivity index (χ1) is 24.3. The summed E-state index contributed by atoms with van der Waals surface area (Å²) in [6, 6.07) is 48.9. The number of aromatic nitrogens is 1. The zero-order valence-corrected chi connectivity index (χ0v) is 27.5. The van der Waals surface area contributed by atoms with Crippen LogP contribution in [0.5, 0.6) is 0 Å². The summed E-state index contributed by atoms with van der Waals surface area (Å²) in [7, 11) is 0. The first-order valence-electron chi connectivity index (χ1n) is 16.9. The fraction of sp³-hybridized carbons (Fsp3) is 0.0682. The molecule has 1 aliphatic heterocycles. The van der Waals surface area contributed by atoms with Gasteiger partial charge in [-0.25, -0.2) is 10.4 Å². The van der Waals surface area contributed by atoms with Crippen LogP contribution in [0.2, 0.25) is 0 Å². The Morgan fingerprint density at radius 2 is 1.45 bits per heavy atom. The lowest BCUT2D eigenvalue weighted by Gasteiger charge is -2.12. The average Bonchev–Trinajstić information content (AvgIpc) is 3.90. The van der Waals surface area contributed by atoms with Crippen molar-refractivity contribution in [2.45, 2.75) is 19.0 Å². The molecule has 1 atom stereocenters. The molecule has 2 aliphatic rings. The van der Waals surface area contributed by atoms with Crippen molar-refractivity contribution in [2.75, 3.05) is 0 Å². The van der Waals surface area contributed by atoms with Crippen molar-refractivity contribution < 1.29 is 0 Å². The monoisotopic (exact) mass is 648 g/mol. The highest BCUT2D eigenvalue weighted by Crippen LogP contribution is 2.41. The number of amidine groups is 1. The van der Waals surface area contributed by atoms with Gasteiger partial charge in [-0.3, -0.25) is 0 Å². The second-order valence-corrected chi connectivity index (χ2v) is 13.9. The van der Waals surface area contributed by atoms with Gasteiger partial charge in [0.15, 0.2) is 0 Å². The van der Waals surface area contributed by atoms with Crippen LogP contribution in [0, 0.1) is 0 Å². The van der Waals surface area contributed by atoms with E-state index in [-0.39, 0.29) is 6.17 Å². The van der Waals surface area contributed by atoms with Gasteiger partial charge in [-0.15, -0.1) is 11.3 Å². The van der Waals surface area contributed by atoms with Crippen molar-refractivity contribution in [3.05, 3.63) is 163 Å². The molecule has 4 nitrogen and oxygen atoms in total. The van der Waals surface area contributed by atoms with Crippen LogP contribution in [0.1, 0.15) is 24.6 Å². The first kappa shape index (κ1) is 28.3. The van der Waals surface area contributed by atoms with E-state index in [1.807, 2.05) is 11.3 Å². The van der Waals surface area contributed by atoms with Crippen molar-refractivity contribution >= 4 is 59.2 Å². The number of para-hydroxylation sites is 1. The molecule has 1 unspecified atom stereocenters. The minimum atomic E-state index is -0.142. The normalized spacial score (nSPS) is 16.0. The third-order valence-corrected chi connectivity index (χ3v) is 11.1. The van der Waals surface area contributed by atoms with E-state index < -0.39 is 0 Å². The zero-order chi connectivity index (χ0) is 32.3. The number of hydrazine groups is 1. The van der Waals surface area contributed by atoms with E-state index in [1.165, 1.54) is 69.8 Å². The van der Waals surface area contributed by atoms with Crippen LogP contribution >= 0.6 is 11.3 Å². The third kappa shape index (κ3) is 4.73. The minimum Gasteiger partial charge on any atom is -0.309 e. The van der Waals surface area contributed by atoms with E-state index in [1.54, 1.807) is 0 Å². The summed E-state index contributed by atoms with van der Waals surface area (Å²) >= 11 is 1.87. The molecule has 0 saturated carbocycles. The van der Waals surface area contributed by atoms with E-state index in [2.05, 4.69) is 167 Å². The molecule has 2 aromatic heterocycles. The molecule has 0 radical (unpaired) electrons. The Morgan fingerprint density at radius 1 is 0.653 bits per heavy atom. The summed E-state index contributed by atoms with van der Waals surface area (Å²) in [5, 5.41) is 5.16. The van der Waals surface area contributed by atoms with Gasteiger partial charge < -0.3 is 9.99 Å². The third-order valence-electron chi connectivity index (χ3n) is 9.93. The highest BCUT2D eigenvalue weighted by molar-refractivity contribution is 7.25. The topological polar surface area (TPSA) is 41.4 Å². The quantitative estimate of drug-likeness (QED) is 0.195. The number of allylic oxidation sites excluding steroid dienone is 3. The molecule has 234 valence electrons. The number of hydrogen-bond acceptors (Lipinski definition) is 4. The largest absolute Gasteiger partial charge is 0.309 e. The maximum Gasteiger partial charge on any atom is 0.144 e. The summed E-state index contributed by atoms with van der Waals surface area (Å²) in [5.41, 5.74) is 17.5. The van der Waals surface area contributed by atoms with E-state index in [0.29, 0.717) is 0 Å². The maximum absolute atomic E-state index is 5.02. The number of benzene rings is 6. The standard InChI is InChI=1S/C44H32N4S/c1-2-11-28(12-3-1)43-45-44(47-46-43)32-15-8-14-31(25-32)34-19-10-21-39-42(34)37-18-4-6-20-38(37)48(39)33-16-9-13-29(26-33)30-23-24-36-35-17-5-7-22-40(35)49-41(36)27-30/h1-2,4-11,13-27,44,47H,3,12H2,(H,45,46). The van der Waals surface area contributed by atoms with Crippen LogP contribution in [0.15, 0.2) is 162 Å². The van der Waals surface area contributed by atoms with Crippen LogP contribution in [-0.2, 0) is 0 Å². The number of rotatable bonds is 5. The molecule has 0 amide bonds. The number of thiophene rings is 1. The molecule has 0 fully saturated rings. The lowest BCUT2D eigenvalue weighted by atomic mass is 9.97. The molecule has 3 heterocycles. The minimum absolute atomic E-state index is 0.142. The first-order valence-corrected chi connectivity index (χ1v) is 17.7. The smallest absolute Gasteiger partial charge is 0.144 e. The van der Waals surface area contributed by atoms with Crippen LogP contribution in [0.25, 0.3) is 69.9 Å². The second-order valence-electron chi connectivity index (χ2n) is 12.8. The molecular formula is C44H32N4S. The molecule has 5 heteroatoms. The number of nitrogens with zero attached hydrogens (tertiary/aromatic N) is 2. The summed E-state index contributed by atoms with van der Waals surface area (Å²) < 4.78 is 5.07. The van der Waals surface area contributed by atoms with Gasteiger partial charge in [-0.05, 0) is 88.7 Å². The Labute approximate surface area is 288 Å². The molecule has 49 heavy (non-hydrogen) atoms. The van der Waals surface area contributed by atoms with Crippen molar-refractivity contribution in [1.29, 1.82) is 0 Å². The lowest BCUT2D eigenvalue weighted by Crippen LogP contribution is -2.32. The van der Waals surface area contributed by atoms with Gasteiger partial charge in [0.2, 0.25) is 0 Å². The SMILES string of the molecule is C1=CCCC(C2=NC(c3cccc(-c4cccc5c4c4ccccc4n5-c4cccc(-c5ccc6c(c5)sc5ccccc56)c4)c3)NN2)=C1. The molecule has 1 aliphatic carbocycles. The fourth-order valence-electron chi connectivity index (χ4n) is 7.60. The average molecular weight is 649 g/mol. The van der Waals surface area contributed by atoms with Crippen LogP contribution in [0.4, 0.5) is 0 Å². The van der Waals surface area contributed by atoms with Gasteiger partial charge in [0.25, 0.3) is 0 Å². The highest BCUT2D eigenvalue weighted by atomic mass is 32.1. The number of aliphatic imine (C=N–C) groups is 1. The predicted molar refractivity (Wildman–Crippen MR) is 207 cm³/mol. The zero-order valence-electron chi connectivity index (χ0n) is 26.7. The Kier molecular flexibility index (Phi) is 6.61. The van der Waals surface area contributed by atoms with Gasteiger partial charge >= 0.3 is 0 Å². The van der Waals surface area contributed by atoms with Gasteiger partial charge in [-0.1, -0.05) is 109 Å². The Hall–Kier alpha value is -5.75. The van der Waals surface area contributed by atoms with Crippen molar-refractivity contribution in [2.24, 2.45) is 4.99 Å². The number of nitrogens with one attached hydrogen (secondary N) is 2. The van der Waals surface area contributed by atoms with E-state index in [9.17, 15) is 0 Å². The van der Waals surface area contributed by atoms with Crippen molar-refractivity contribution in [1.82, 2.24) is 15.4 Å². The highest BCUT2D eigenvalue weighted by Gasteiger charge is 2.22. The predicted octanol–water partition coefficient (Wildman–Crippen LogP) is 11.3. The van der Waals surface area contributed by atoms with Crippen molar-refractivity contribution in [3.8, 4) is 27.9 Å². The maximum atomic E-state index is 5.02. The molecule has 0 spiro atoms. The Bertz CT molecular complexity index is 2690.